The van der Waals surface area contributed by atoms with Crippen molar-refractivity contribution in [3.63, 3.8) is 0 Å². The van der Waals surface area contributed by atoms with Crippen molar-refractivity contribution in [2.45, 2.75) is 39.7 Å². The van der Waals surface area contributed by atoms with Crippen LogP contribution in [0.1, 0.15) is 46.0 Å². The van der Waals surface area contributed by atoms with Gasteiger partial charge in [0, 0.05) is 13.1 Å². The number of benzene rings is 1. The molecule has 0 atom stereocenters. The number of aromatic nitrogens is 5. The van der Waals surface area contributed by atoms with Gasteiger partial charge in [-0.05, 0) is 44.6 Å². The molecule has 1 aliphatic heterocycles. The lowest BCUT2D eigenvalue weighted by atomic mass is 9.90. The molecule has 0 saturated carbocycles. The highest BCUT2D eigenvalue weighted by Gasteiger charge is 2.27. The number of amides is 1. The maximum absolute atomic E-state index is 13.0. The van der Waals surface area contributed by atoms with Gasteiger partial charge in [0.05, 0.1) is 35.4 Å². The van der Waals surface area contributed by atoms with E-state index in [0.29, 0.717) is 18.2 Å². The highest BCUT2D eigenvalue weighted by molar-refractivity contribution is 6.99. The van der Waals surface area contributed by atoms with Gasteiger partial charge in [-0.3, -0.25) is 4.79 Å². The van der Waals surface area contributed by atoms with E-state index in [9.17, 15) is 4.79 Å². The molecule has 8 heteroatoms. The summed E-state index contributed by atoms with van der Waals surface area (Å²) in [4.78, 5) is 14.9. The number of aryl methyl sites for hydroxylation is 1. The molecule has 1 amide bonds. The first-order valence-corrected chi connectivity index (χ1v) is 10.4. The van der Waals surface area contributed by atoms with Gasteiger partial charge in [-0.2, -0.15) is 8.75 Å². The molecule has 0 spiro atoms. The number of hydrogen-bond acceptors (Lipinski definition) is 6. The van der Waals surface area contributed by atoms with Crippen LogP contribution in [-0.4, -0.2) is 47.6 Å². The van der Waals surface area contributed by atoms with Crippen LogP contribution in [0, 0.1) is 19.8 Å². The van der Waals surface area contributed by atoms with Crippen LogP contribution in [0.5, 0.6) is 0 Å². The van der Waals surface area contributed by atoms with Gasteiger partial charge in [0.2, 0.25) is 0 Å². The van der Waals surface area contributed by atoms with Crippen molar-refractivity contribution >= 4 is 17.6 Å². The van der Waals surface area contributed by atoms with Crippen LogP contribution < -0.4 is 0 Å². The van der Waals surface area contributed by atoms with E-state index < -0.39 is 0 Å². The Labute approximate surface area is 168 Å². The van der Waals surface area contributed by atoms with Gasteiger partial charge in [-0.25, -0.2) is 4.68 Å². The Balaban J connectivity index is 1.37. The van der Waals surface area contributed by atoms with Crippen LogP contribution in [0.4, 0.5) is 0 Å². The van der Waals surface area contributed by atoms with E-state index in [-0.39, 0.29) is 5.91 Å². The Bertz CT molecular complexity index is 943. The predicted octanol–water partition coefficient (Wildman–Crippen LogP) is 2.89. The summed E-state index contributed by atoms with van der Waals surface area (Å²) in [7, 11) is 0. The second-order valence-corrected chi connectivity index (χ2v) is 7.93. The minimum absolute atomic E-state index is 0.0185. The van der Waals surface area contributed by atoms with Crippen LogP contribution in [0.25, 0.3) is 0 Å². The van der Waals surface area contributed by atoms with Gasteiger partial charge < -0.3 is 4.90 Å². The second kappa shape index (κ2) is 8.18. The highest BCUT2D eigenvalue weighted by atomic mass is 32.1. The number of rotatable bonds is 5. The predicted molar refractivity (Wildman–Crippen MR) is 107 cm³/mol. The Morgan fingerprint density at radius 2 is 1.89 bits per heavy atom. The van der Waals surface area contributed by atoms with Gasteiger partial charge in [0.15, 0.2) is 5.69 Å². The molecule has 3 heterocycles. The Kier molecular flexibility index (Phi) is 5.47. The highest BCUT2D eigenvalue weighted by Crippen LogP contribution is 2.23. The number of likely N-dealkylation sites (tertiary alicyclic amines) is 1. The number of nitrogens with zero attached hydrogens (tertiary/aromatic N) is 6. The molecule has 3 aromatic rings. The Morgan fingerprint density at radius 1 is 1.14 bits per heavy atom. The Hall–Kier alpha value is -2.61. The number of carbonyl (C=O) groups is 1. The zero-order valence-electron chi connectivity index (χ0n) is 16.2. The molecule has 0 bridgehead atoms. The van der Waals surface area contributed by atoms with E-state index in [4.69, 9.17) is 0 Å². The summed E-state index contributed by atoms with van der Waals surface area (Å²) < 4.78 is 10.2. The van der Waals surface area contributed by atoms with E-state index >= 15 is 0 Å². The molecular formula is C20H24N6OS. The molecule has 1 aliphatic rings. The molecule has 4 rings (SSSR count). The second-order valence-electron chi connectivity index (χ2n) is 7.40. The fourth-order valence-corrected chi connectivity index (χ4v) is 4.24. The van der Waals surface area contributed by atoms with E-state index in [1.165, 1.54) is 17.3 Å². The van der Waals surface area contributed by atoms with Gasteiger partial charge in [-0.15, -0.1) is 5.10 Å². The molecule has 0 aliphatic carbocycles. The van der Waals surface area contributed by atoms with Crippen molar-refractivity contribution in [1.29, 1.82) is 0 Å². The molecule has 0 radical (unpaired) electrons. The summed E-state index contributed by atoms with van der Waals surface area (Å²) >= 11 is 1.19. The largest absolute Gasteiger partial charge is 0.337 e. The maximum atomic E-state index is 13.0. The minimum Gasteiger partial charge on any atom is -0.337 e. The van der Waals surface area contributed by atoms with Gasteiger partial charge in [-0.1, -0.05) is 35.5 Å². The smallest absolute Gasteiger partial charge is 0.276 e. The standard InChI is InChI=1S/C20H24N6OS/c1-14-18(23-28-22-14)13-26-15(2)19(21-24-26)20(27)25-10-8-17(9-11-25)12-16-6-4-3-5-7-16/h3-7,17H,8-13H2,1-2H3. The normalized spacial score (nSPS) is 15.1. The van der Waals surface area contributed by atoms with Crippen LogP contribution in [0.2, 0.25) is 0 Å². The topological polar surface area (TPSA) is 76.8 Å². The van der Waals surface area contributed by atoms with Crippen molar-refractivity contribution in [1.82, 2.24) is 28.6 Å². The average Bonchev–Trinajstić information content (AvgIpc) is 3.29. The molecule has 1 aromatic carbocycles. The molecule has 0 unspecified atom stereocenters. The van der Waals surface area contributed by atoms with Crippen molar-refractivity contribution in [2.24, 2.45) is 5.92 Å². The van der Waals surface area contributed by atoms with E-state index in [1.807, 2.05) is 24.8 Å². The first-order chi connectivity index (χ1) is 13.6. The van der Waals surface area contributed by atoms with E-state index in [2.05, 4.69) is 43.3 Å². The summed E-state index contributed by atoms with van der Waals surface area (Å²) in [6.45, 7) is 5.87. The summed E-state index contributed by atoms with van der Waals surface area (Å²) in [6, 6.07) is 10.6. The number of carbonyl (C=O) groups excluding carboxylic acids is 1. The van der Waals surface area contributed by atoms with Gasteiger partial charge in [0.1, 0.15) is 0 Å². The SMILES string of the molecule is Cc1nsnc1Cn1nnc(C(=O)N2CCC(Cc3ccccc3)CC2)c1C. The first-order valence-electron chi connectivity index (χ1n) is 9.63. The molecule has 146 valence electrons. The third kappa shape index (κ3) is 3.96. The fourth-order valence-electron chi connectivity index (χ4n) is 3.68. The molecule has 7 nitrogen and oxygen atoms in total. The third-order valence-electron chi connectivity index (χ3n) is 5.50. The summed E-state index contributed by atoms with van der Waals surface area (Å²) in [5.74, 6) is 0.610. The third-order valence-corrected chi connectivity index (χ3v) is 6.16. The first kappa shape index (κ1) is 18.7. The van der Waals surface area contributed by atoms with Crippen LogP contribution >= 0.6 is 11.7 Å². The molecular weight excluding hydrogens is 372 g/mol. The summed E-state index contributed by atoms with van der Waals surface area (Å²) in [5, 5.41) is 8.34. The van der Waals surface area contributed by atoms with Crippen LogP contribution in [0.3, 0.4) is 0 Å². The quantitative estimate of drug-likeness (QED) is 0.663. The van der Waals surface area contributed by atoms with Crippen LogP contribution in [-0.2, 0) is 13.0 Å². The zero-order chi connectivity index (χ0) is 19.5. The number of piperidine rings is 1. The van der Waals surface area contributed by atoms with E-state index in [0.717, 1.165) is 49.4 Å². The van der Waals surface area contributed by atoms with Crippen LogP contribution in [0.15, 0.2) is 30.3 Å². The zero-order valence-corrected chi connectivity index (χ0v) is 17.0. The van der Waals surface area contributed by atoms with Crippen molar-refractivity contribution in [3.8, 4) is 0 Å². The lowest BCUT2D eigenvalue weighted by Gasteiger charge is -2.31. The fraction of sp³-hybridized carbons (Fsp3) is 0.450. The molecule has 28 heavy (non-hydrogen) atoms. The van der Waals surface area contributed by atoms with Gasteiger partial charge >= 0.3 is 0 Å². The van der Waals surface area contributed by atoms with Crippen molar-refractivity contribution in [3.05, 3.63) is 58.7 Å². The summed E-state index contributed by atoms with van der Waals surface area (Å²) in [6.07, 6.45) is 3.13. The van der Waals surface area contributed by atoms with Crippen molar-refractivity contribution < 1.29 is 4.79 Å². The monoisotopic (exact) mass is 396 g/mol. The lowest BCUT2D eigenvalue weighted by molar-refractivity contribution is 0.0683. The van der Waals surface area contributed by atoms with Crippen molar-refractivity contribution in [2.75, 3.05) is 13.1 Å². The summed E-state index contributed by atoms with van der Waals surface area (Å²) in [5.41, 5.74) is 4.37. The number of hydrogen-bond donors (Lipinski definition) is 0. The van der Waals surface area contributed by atoms with Gasteiger partial charge in [0.25, 0.3) is 5.91 Å². The van der Waals surface area contributed by atoms with E-state index in [1.54, 1.807) is 4.68 Å². The Morgan fingerprint density at radius 3 is 2.57 bits per heavy atom. The maximum Gasteiger partial charge on any atom is 0.276 e. The molecule has 1 saturated heterocycles. The molecule has 0 N–H and O–H groups in total. The molecule has 1 fully saturated rings. The minimum atomic E-state index is -0.0185. The average molecular weight is 397 g/mol. The molecule has 2 aromatic heterocycles. The lowest BCUT2D eigenvalue weighted by Crippen LogP contribution is -2.39.